The van der Waals surface area contributed by atoms with Crippen LogP contribution in [-0.4, -0.2) is 23.0 Å². The van der Waals surface area contributed by atoms with Crippen LogP contribution in [0.4, 0.5) is 0 Å². The van der Waals surface area contributed by atoms with Gasteiger partial charge in [0.2, 0.25) is 0 Å². The van der Waals surface area contributed by atoms with Crippen LogP contribution in [0.5, 0.6) is 0 Å². The van der Waals surface area contributed by atoms with Gasteiger partial charge in [-0.1, -0.05) is 45.0 Å². The Morgan fingerprint density at radius 1 is 1.20 bits per heavy atom. The van der Waals surface area contributed by atoms with Crippen molar-refractivity contribution < 1.29 is 8.95 Å². The zero-order chi connectivity index (χ0) is 22.1. The summed E-state index contributed by atoms with van der Waals surface area (Å²) in [4.78, 5) is 4.65. The number of halogens is 1. The van der Waals surface area contributed by atoms with Gasteiger partial charge in [-0.05, 0) is 66.2 Å². The van der Waals surface area contributed by atoms with Crippen molar-refractivity contribution in [1.29, 1.82) is 0 Å². The third kappa shape index (κ3) is 4.89. The third-order valence-electron chi connectivity index (χ3n) is 6.06. The molecule has 30 heavy (non-hydrogen) atoms. The van der Waals surface area contributed by atoms with Crippen LogP contribution in [0, 0.1) is 3.57 Å². The molecule has 0 N–H and O–H groups in total. The summed E-state index contributed by atoms with van der Waals surface area (Å²) >= 11 is 2.30. The number of hydrogen-bond acceptors (Lipinski definition) is 4. The van der Waals surface area contributed by atoms with Gasteiger partial charge in [-0.15, -0.1) is 0 Å². The highest BCUT2D eigenvalue weighted by molar-refractivity contribution is 14.1. The van der Waals surface area contributed by atoms with Crippen LogP contribution in [0.1, 0.15) is 64.7 Å². The highest BCUT2D eigenvalue weighted by Gasteiger charge is 2.39. The fourth-order valence-corrected chi connectivity index (χ4v) is 5.02. The van der Waals surface area contributed by atoms with Gasteiger partial charge in [-0.25, -0.2) is 4.98 Å². The van der Waals surface area contributed by atoms with Crippen molar-refractivity contribution >= 4 is 30.9 Å². The van der Waals surface area contributed by atoms with Gasteiger partial charge in [0.1, 0.15) is 17.6 Å². The molecule has 0 amide bonds. The van der Waals surface area contributed by atoms with E-state index in [0.717, 1.165) is 29.3 Å². The van der Waals surface area contributed by atoms with Crippen LogP contribution < -0.4 is 0 Å². The van der Waals surface area contributed by atoms with Gasteiger partial charge in [0.05, 0.1) is 6.04 Å². The fraction of sp³-hybridized carbons (Fsp3) is 0.478. The van der Waals surface area contributed by atoms with E-state index in [0.29, 0.717) is 0 Å². The molecule has 3 aromatic rings. The van der Waals surface area contributed by atoms with Gasteiger partial charge >= 0.3 is 0 Å². The van der Waals surface area contributed by atoms with Gasteiger partial charge in [0, 0.05) is 27.6 Å². The molecule has 0 aliphatic carbocycles. The quantitative estimate of drug-likeness (QED) is 0.236. The molecular formula is C23H32IN3O2Si. The van der Waals surface area contributed by atoms with E-state index < -0.39 is 8.32 Å². The van der Waals surface area contributed by atoms with Crippen LogP contribution >= 0.6 is 22.6 Å². The van der Waals surface area contributed by atoms with Crippen LogP contribution in [0.15, 0.2) is 47.2 Å². The second kappa shape index (κ2) is 8.96. The second-order valence-electron chi connectivity index (χ2n) is 9.26. The van der Waals surface area contributed by atoms with Gasteiger partial charge in [0.15, 0.2) is 14.1 Å². The average molecular weight is 538 g/mol. The lowest BCUT2D eigenvalue weighted by molar-refractivity contribution is 0.186. The smallest absolute Gasteiger partial charge is 0.193 e. The maximum absolute atomic E-state index is 6.61. The van der Waals surface area contributed by atoms with E-state index in [9.17, 15) is 0 Å². The minimum Gasteiger partial charge on any atom is -0.407 e. The molecule has 2 heterocycles. The molecule has 0 aliphatic rings. The number of imidazole rings is 1. The highest BCUT2D eigenvalue weighted by atomic mass is 127. The van der Waals surface area contributed by atoms with E-state index in [1.807, 2.05) is 18.5 Å². The Balaban J connectivity index is 1.87. The Morgan fingerprint density at radius 2 is 1.87 bits per heavy atom. The molecule has 0 unspecified atom stereocenters. The summed E-state index contributed by atoms with van der Waals surface area (Å²) in [5.74, 6) is 1.72. The normalized spacial score (nSPS) is 14.7. The molecule has 162 valence electrons. The van der Waals surface area contributed by atoms with Crippen molar-refractivity contribution in [3.05, 3.63) is 57.8 Å². The topological polar surface area (TPSA) is 53.1 Å². The van der Waals surface area contributed by atoms with Crippen LogP contribution in [0.3, 0.4) is 0 Å². The van der Waals surface area contributed by atoms with E-state index in [2.05, 4.69) is 109 Å². The van der Waals surface area contributed by atoms with Crippen molar-refractivity contribution in [2.75, 3.05) is 0 Å². The van der Waals surface area contributed by atoms with Crippen LogP contribution in [0.2, 0.25) is 18.1 Å². The number of nitrogens with zero attached hydrogens (tertiary/aromatic N) is 3. The third-order valence-corrected chi connectivity index (χ3v) is 11.3. The summed E-state index contributed by atoms with van der Waals surface area (Å²) in [5.41, 5.74) is 1.94. The number of benzene rings is 1. The molecule has 0 bridgehead atoms. The molecule has 0 radical (unpaired) electrons. The monoisotopic (exact) mass is 537 g/mol. The summed E-state index contributed by atoms with van der Waals surface area (Å²) in [5, 5.41) is 4.55. The SMILES string of the molecule is CC[C@H](c1cc(-c2ccc(I)cc2)on1)n1ccnc1[C@H](C)O[Si](C)(C)C(C)(C)C. The van der Waals surface area contributed by atoms with E-state index >= 15 is 0 Å². The standard InChI is InChI=1S/C23H32IN3O2Si/c1-8-20(19-15-21(28-26-19)17-9-11-18(24)12-10-17)27-14-13-25-22(27)16(2)29-30(6,7)23(3,4)5/h9-16,20H,8H2,1-7H3/t16-,20+/m0/s1. The summed E-state index contributed by atoms with van der Waals surface area (Å²) in [6.45, 7) is 15.6. The largest absolute Gasteiger partial charge is 0.407 e. The zero-order valence-corrected chi connectivity index (χ0v) is 22.1. The minimum absolute atomic E-state index is 0.0503. The van der Waals surface area contributed by atoms with E-state index in [1.165, 1.54) is 3.57 Å². The first kappa shape index (κ1) is 23.2. The lowest BCUT2D eigenvalue weighted by Gasteiger charge is -2.38. The number of hydrogen-bond donors (Lipinski definition) is 0. The molecule has 2 atom stereocenters. The number of aromatic nitrogens is 3. The Labute approximate surface area is 194 Å². The first-order valence-corrected chi connectivity index (χ1v) is 14.5. The minimum atomic E-state index is -1.90. The van der Waals surface area contributed by atoms with Gasteiger partial charge in [0.25, 0.3) is 0 Å². The summed E-state index contributed by atoms with van der Waals surface area (Å²) in [7, 11) is -1.90. The second-order valence-corrected chi connectivity index (χ2v) is 15.3. The lowest BCUT2D eigenvalue weighted by Crippen LogP contribution is -2.41. The zero-order valence-electron chi connectivity index (χ0n) is 18.9. The van der Waals surface area contributed by atoms with Crippen molar-refractivity contribution in [3.63, 3.8) is 0 Å². The predicted molar refractivity (Wildman–Crippen MR) is 132 cm³/mol. The van der Waals surface area contributed by atoms with E-state index in [1.54, 1.807) is 0 Å². The Kier molecular flexibility index (Phi) is 6.93. The summed E-state index contributed by atoms with van der Waals surface area (Å²) < 4.78 is 15.7. The maximum Gasteiger partial charge on any atom is 0.193 e. The molecule has 0 fully saturated rings. The van der Waals surface area contributed by atoms with Crippen molar-refractivity contribution in [2.45, 2.75) is 71.3 Å². The van der Waals surface area contributed by atoms with Gasteiger partial charge in [-0.3, -0.25) is 0 Å². The van der Waals surface area contributed by atoms with E-state index in [-0.39, 0.29) is 17.2 Å². The Morgan fingerprint density at radius 3 is 2.47 bits per heavy atom. The predicted octanol–water partition coefficient (Wildman–Crippen LogP) is 7.22. The molecule has 7 heteroatoms. The van der Waals surface area contributed by atoms with Crippen LogP contribution in [-0.2, 0) is 4.43 Å². The van der Waals surface area contributed by atoms with Crippen molar-refractivity contribution in [1.82, 2.24) is 14.7 Å². The van der Waals surface area contributed by atoms with Crippen molar-refractivity contribution in [3.8, 4) is 11.3 Å². The Bertz CT molecular complexity index is 973. The van der Waals surface area contributed by atoms with Gasteiger partial charge < -0.3 is 13.5 Å². The summed E-state index contributed by atoms with van der Waals surface area (Å²) in [6, 6.07) is 10.4. The molecule has 0 saturated carbocycles. The Hall–Kier alpha value is -1.45. The van der Waals surface area contributed by atoms with Crippen molar-refractivity contribution in [2.24, 2.45) is 0 Å². The molecule has 5 nitrogen and oxygen atoms in total. The van der Waals surface area contributed by atoms with Crippen LogP contribution in [0.25, 0.3) is 11.3 Å². The molecule has 0 spiro atoms. The summed E-state index contributed by atoms with van der Waals surface area (Å²) in [6.07, 6.45) is 4.67. The first-order chi connectivity index (χ1) is 14.0. The van der Waals surface area contributed by atoms with Gasteiger partial charge in [-0.2, -0.15) is 0 Å². The first-order valence-electron chi connectivity index (χ1n) is 10.5. The molecular weight excluding hydrogens is 505 g/mol. The molecule has 3 rings (SSSR count). The average Bonchev–Trinajstić information content (AvgIpc) is 3.32. The molecule has 2 aromatic heterocycles. The molecule has 0 saturated heterocycles. The highest BCUT2D eigenvalue weighted by Crippen LogP contribution is 2.40. The maximum atomic E-state index is 6.61. The van der Waals surface area contributed by atoms with E-state index in [4.69, 9.17) is 8.95 Å². The fourth-order valence-electron chi connectivity index (χ4n) is 3.32. The lowest BCUT2D eigenvalue weighted by atomic mass is 10.1. The molecule has 0 aliphatic heterocycles. The molecule has 1 aromatic carbocycles. The number of rotatable bonds is 7.